The van der Waals surface area contributed by atoms with Crippen molar-refractivity contribution in [3.8, 4) is 5.75 Å². The number of rotatable bonds is 6. The number of hydrogen-bond donors (Lipinski definition) is 2. The fourth-order valence-corrected chi connectivity index (χ4v) is 5.42. The van der Waals surface area contributed by atoms with Gasteiger partial charge in [0.25, 0.3) is 11.8 Å². The van der Waals surface area contributed by atoms with Crippen LogP contribution < -0.4 is 5.32 Å². The Balaban J connectivity index is 1.38. The Morgan fingerprint density at radius 1 is 0.947 bits per heavy atom. The lowest BCUT2D eigenvalue weighted by Gasteiger charge is -2.28. The maximum absolute atomic E-state index is 13.9. The van der Waals surface area contributed by atoms with E-state index in [0.29, 0.717) is 22.6 Å². The van der Waals surface area contributed by atoms with Crippen LogP contribution in [0, 0.1) is 0 Å². The highest BCUT2D eigenvalue weighted by molar-refractivity contribution is 6.31. The van der Waals surface area contributed by atoms with Crippen molar-refractivity contribution >= 4 is 35.1 Å². The number of phenols is 1. The highest BCUT2D eigenvalue weighted by Gasteiger charge is 2.52. The van der Waals surface area contributed by atoms with Gasteiger partial charge in [-0.15, -0.1) is 0 Å². The van der Waals surface area contributed by atoms with Crippen molar-refractivity contribution in [3.63, 3.8) is 0 Å². The maximum Gasteiger partial charge on any atom is 0.254 e. The maximum atomic E-state index is 13.9. The zero-order valence-electron chi connectivity index (χ0n) is 20.4. The standard InChI is InChI=1S/C29H26ClN3O5/c30-21-8-4-7-20(16-21)27(36)31-23(15-18-9-11-22(34)12-10-18)29(38)32-14-13-24-26(32)25(35)17-33(24)28(37)19-5-2-1-3-6-19/h1-12,16,23-24,26,34H,13-15,17H2,(H,31,36)/t23-,24?,26?/m0/s1. The van der Waals surface area contributed by atoms with Gasteiger partial charge in [0.05, 0.1) is 12.6 Å². The molecule has 9 heteroatoms. The minimum absolute atomic E-state index is 0.0651. The van der Waals surface area contributed by atoms with Crippen LogP contribution in [0.2, 0.25) is 5.02 Å². The van der Waals surface area contributed by atoms with Gasteiger partial charge in [0.2, 0.25) is 5.91 Å². The fraction of sp³-hybridized carbons (Fsp3) is 0.241. The van der Waals surface area contributed by atoms with Crippen LogP contribution in [0.3, 0.4) is 0 Å². The van der Waals surface area contributed by atoms with Crippen molar-refractivity contribution in [1.82, 2.24) is 15.1 Å². The molecular formula is C29H26ClN3O5. The molecule has 5 rings (SSSR count). The number of fused-ring (bicyclic) bond motifs is 1. The molecule has 2 aliphatic rings. The molecule has 0 bridgehead atoms. The molecule has 0 aliphatic carbocycles. The van der Waals surface area contributed by atoms with E-state index in [1.54, 1.807) is 59.5 Å². The molecule has 3 amide bonds. The number of phenolic OH excluding ortho intramolecular Hbond substituents is 1. The Kier molecular flexibility index (Phi) is 7.15. The predicted molar refractivity (Wildman–Crippen MR) is 141 cm³/mol. The molecular weight excluding hydrogens is 506 g/mol. The molecule has 3 atom stereocenters. The first-order valence-electron chi connectivity index (χ1n) is 12.4. The Hall–Kier alpha value is -4.17. The minimum Gasteiger partial charge on any atom is -0.508 e. The van der Waals surface area contributed by atoms with E-state index in [1.165, 1.54) is 23.1 Å². The molecule has 2 unspecified atom stereocenters. The highest BCUT2D eigenvalue weighted by atomic mass is 35.5. The number of Topliss-reactive ketones (excluding diaryl/α,β-unsaturated/α-hetero) is 1. The molecule has 2 fully saturated rings. The number of carbonyl (C=O) groups is 4. The Labute approximate surface area is 224 Å². The molecule has 38 heavy (non-hydrogen) atoms. The third-order valence-electron chi connectivity index (χ3n) is 7.05. The number of likely N-dealkylation sites (tertiary alicyclic amines) is 2. The van der Waals surface area contributed by atoms with Crippen LogP contribution in [-0.2, 0) is 16.0 Å². The monoisotopic (exact) mass is 531 g/mol. The van der Waals surface area contributed by atoms with Crippen molar-refractivity contribution in [2.75, 3.05) is 13.1 Å². The van der Waals surface area contributed by atoms with Crippen molar-refractivity contribution < 1.29 is 24.3 Å². The van der Waals surface area contributed by atoms with Gasteiger partial charge >= 0.3 is 0 Å². The quantitative estimate of drug-likeness (QED) is 0.508. The zero-order valence-corrected chi connectivity index (χ0v) is 21.2. The largest absolute Gasteiger partial charge is 0.508 e. The van der Waals surface area contributed by atoms with Crippen molar-refractivity contribution in [2.45, 2.75) is 31.0 Å². The number of nitrogens with one attached hydrogen (secondary N) is 1. The molecule has 2 saturated heterocycles. The number of carbonyl (C=O) groups excluding carboxylic acids is 4. The van der Waals surface area contributed by atoms with Gasteiger partial charge in [0, 0.05) is 29.1 Å². The van der Waals surface area contributed by atoms with Crippen LogP contribution in [0.15, 0.2) is 78.9 Å². The number of benzene rings is 3. The van der Waals surface area contributed by atoms with Gasteiger partial charge in [0.1, 0.15) is 17.8 Å². The van der Waals surface area contributed by atoms with Gasteiger partial charge in [-0.3, -0.25) is 19.2 Å². The van der Waals surface area contributed by atoms with Gasteiger partial charge in [-0.25, -0.2) is 0 Å². The number of hydrogen-bond acceptors (Lipinski definition) is 5. The molecule has 0 saturated carbocycles. The number of aromatic hydroxyl groups is 1. The topological polar surface area (TPSA) is 107 Å². The summed E-state index contributed by atoms with van der Waals surface area (Å²) in [5.41, 5.74) is 1.52. The van der Waals surface area contributed by atoms with Crippen LogP contribution in [0.1, 0.15) is 32.7 Å². The molecule has 194 valence electrons. The first-order valence-corrected chi connectivity index (χ1v) is 12.7. The SMILES string of the molecule is O=C(N[C@@H](Cc1ccc(O)cc1)C(=O)N1CCC2C1C(=O)CN2C(=O)c1ccccc1)c1cccc(Cl)c1. The molecule has 0 aromatic heterocycles. The van der Waals surface area contributed by atoms with Crippen LogP contribution >= 0.6 is 11.6 Å². The third-order valence-corrected chi connectivity index (χ3v) is 7.29. The molecule has 0 radical (unpaired) electrons. The van der Waals surface area contributed by atoms with Crippen molar-refractivity contribution in [2.24, 2.45) is 0 Å². The molecule has 0 spiro atoms. The molecule has 8 nitrogen and oxygen atoms in total. The van der Waals surface area contributed by atoms with Crippen LogP contribution in [0.4, 0.5) is 0 Å². The van der Waals surface area contributed by atoms with E-state index in [9.17, 15) is 24.3 Å². The summed E-state index contributed by atoms with van der Waals surface area (Å²) in [5, 5.41) is 12.9. The van der Waals surface area contributed by atoms with Crippen LogP contribution in [-0.4, -0.2) is 69.6 Å². The number of amides is 3. The molecule has 3 aromatic carbocycles. The minimum atomic E-state index is -0.976. The molecule has 2 aliphatic heterocycles. The van der Waals surface area contributed by atoms with E-state index >= 15 is 0 Å². The Morgan fingerprint density at radius 3 is 2.37 bits per heavy atom. The second-order valence-electron chi connectivity index (χ2n) is 9.50. The summed E-state index contributed by atoms with van der Waals surface area (Å²) >= 11 is 6.05. The zero-order chi connectivity index (χ0) is 26.8. The summed E-state index contributed by atoms with van der Waals surface area (Å²) in [7, 11) is 0. The highest BCUT2D eigenvalue weighted by Crippen LogP contribution is 2.31. The Morgan fingerprint density at radius 2 is 1.66 bits per heavy atom. The van der Waals surface area contributed by atoms with E-state index < -0.39 is 29.9 Å². The summed E-state index contributed by atoms with van der Waals surface area (Å²) in [6, 6.07) is 19.4. The summed E-state index contributed by atoms with van der Waals surface area (Å²) in [6.45, 7) is 0.224. The van der Waals surface area contributed by atoms with E-state index in [4.69, 9.17) is 11.6 Å². The molecule has 2 heterocycles. The second-order valence-corrected chi connectivity index (χ2v) is 9.94. The lowest BCUT2D eigenvalue weighted by Crippen LogP contribution is -2.53. The van der Waals surface area contributed by atoms with Gasteiger partial charge in [-0.2, -0.15) is 0 Å². The smallest absolute Gasteiger partial charge is 0.254 e. The van der Waals surface area contributed by atoms with Gasteiger partial charge in [0.15, 0.2) is 5.78 Å². The van der Waals surface area contributed by atoms with Crippen LogP contribution in [0.25, 0.3) is 0 Å². The molecule has 2 N–H and O–H groups in total. The summed E-state index contributed by atoms with van der Waals surface area (Å²) in [4.78, 5) is 56.2. The van der Waals surface area contributed by atoms with Gasteiger partial charge in [-0.1, -0.05) is 48.0 Å². The lowest BCUT2D eigenvalue weighted by atomic mass is 10.0. The number of nitrogens with zero attached hydrogens (tertiary/aromatic N) is 2. The van der Waals surface area contributed by atoms with E-state index in [-0.39, 0.29) is 37.0 Å². The predicted octanol–water partition coefficient (Wildman–Crippen LogP) is 3.08. The van der Waals surface area contributed by atoms with Crippen molar-refractivity contribution in [1.29, 1.82) is 0 Å². The first-order chi connectivity index (χ1) is 18.3. The second kappa shape index (κ2) is 10.7. The molecule has 3 aromatic rings. The number of halogens is 1. The normalized spacial score (nSPS) is 19.2. The average Bonchev–Trinajstić information content (AvgIpc) is 3.50. The lowest BCUT2D eigenvalue weighted by molar-refractivity contribution is -0.138. The van der Waals surface area contributed by atoms with Gasteiger partial charge in [-0.05, 0) is 54.4 Å². The first kappa shape index (κ1) is 25.5. The van der Waals surface area contributed by atoms with Gasteiger partial charge < -0.3 is 20.2 Å². The number of ketones is 1. The third kappa shape index (κ3) is 5.13. The van der Waals surface area contributed by atoms with Crippen molar-refractivity contribution in [3.05, 3.63) is 101 Å². The summed E-state index contributed by atoms with van der Waals surface area (Å²) in [5.74, 6) is -1.23. The fourth-order valence-electron chi connectivity index (χ4n) is 5.22. The van der Waals surface area contributed by atoms with E-state index in [1.807, 2.05) is 6.07 Å². The summed E-state index contributed by atoms with van der Waals surface area (Å²) in [6.07, 6.45) is 0.620. The van der Waals surface area contributed by atoms with E-state index in [2.05, 4.69) is 5.32 Å². The summed E-state index contributed by atoms with van der Waals surface area (Å²) < 4.78 is 0. The van der Waals surface area contributed by atoms with E-state index in [0.717, 1.165) is 5.56 Å². The van der Waals surface area contributed by atoms with Crippen LogP contribution in [0.5, 0.6) is 5.75 Å². The Bertz CT molecular complexity index is 1380. The average molecular weight is 532 g/mol.